The van der Waals surface area contributed by atoms with E-state index in [0.29, 0.717) is 36.3 Å². The van der Waals surface area contributed by atoms with E-state index in [1.54, 1.807) is 18.0 Å². The lowest BCUT2D eigenvalue weighted by Gasteiger charge is -2.22. The zero-order valence-corrected chi connectivity index (χ0v) is 15.3. The molecule has 138 valence electrons. The Morgan fingerprint density at radius 1 is 1.27 bits per heavy atom. The topological polar surface area (TPSA) is 90.0 Å². The Bertz CT molecular complexity index is 929. The summed E-state index contributed by atoms with van der Waals surface area (Å²) in [6.45, 7) is 1.81. The van der Waals surface area contributed by atoms with Gasteiger partial charge in [-0.05, 0) is 31.0 Å². The Morgan fingerprint density at radius 3 is 2.65 bits per heavy atom. The first-order valence-corrected chi connectivity index (χ1v) is 10.0. The molecule has 0 radical (unpaired) electrons. The lowest BCUT2D eigenvalue weighted by molar-refractivity contribution is -0.115. The van der Waals surface area contributed by atoms with Crippen LogP contribution in [0.4, 0.5) is 5.69 Å². The van der Waals surface area contributed by atoms with Gasteiger partial charge in [0.2, 0.25) is 0 Å². The first-order chi connectivity index (χ1) is 12.3. The van der Waals surface area contributed by atoms with Gasteiger partial charge in [-0.1, -0.05) is 0 Å². The molecule has 1 aromatic rings. The van der Waals surface area contributed by atoms with Crippen molar-refractivity contribution in [2.75, 3.05) is 17.9 Å². The third-order valence-corrected chi connectivity index (χ3v) is 5.37. The number of allylic oxidation sites excluding steroid dienone is 2. The second-order valence-electron chi connectivity index (χ2n) is 6.23. The number of carbonyl (C=O) groups excluding carboxylic acids is 2. The molecule has 0 fully saturated rings. The lowest BCUT2D eigenvalue weighted by atomic mass is 10.0. The Hall–Kier alpha value is -2.61. The molecule has 1 aliphatic heterocycles. The summed E-state index contributed by atoms with van der Waals surface area (Å²) in [6.07, 6.45) is 7.14. The van der Waals surface area contributed by atoms with Gasteiger partial charge in [-0.2, -0.15) is 0 Å². The van der Waals surface area contributed by atoms with E-state index in [4.69, 9.17) is 9.47 Å². The standard InChI is InChI=1S/C18H19NO6S/c1-12-15(18(21)25-14-5-3-4-13(20)10-14)6-7-16(26(2,22)23)17(12)19-8-9-24-11-19/h6-10H,3-5,11H2,1-2H3. The van der Waals surface area contributed by atoms with Crippen LogP contribution in [0.2, 0.25) is 0 Å². The third-order valence-electron chi connectivity index (χ3n) is 4.24. The van der Waals surface area contributed by atoms with E-state index in [-0.39, 0.29) is 23.0 Å². The Kier molecular flexibility index (Phi) is 4.86. The molecule has 2 aliphatic rings. The minimum absolute atomic E-state index is 0.0664. The number of esters is 1. The zero-order valence-electron chi connectivity index (χ0n) is 14.5. The van der Waals surface area contributed by atoms with E-state index in [1.807, 2.05) is 0 Å². The minimum Gasteiger partial charge on any atom is -0.479 e. The number of ketones is 1. The van der Waals surface area contributed by atoms with E-state index in [0.717, 1.165) is 6.26 Å². The lowest BCUT2D eigenvalue weighted by Crippen LogP contribution is -2.20. The van der Waals surface area contributed by atoms with E-state index in [9.17, 15) is 18.0 Å². The summed E-state index contributed by atoms with van der Waals surface area (Å²) in [7, 11) is -3.51. The van der Waals surface area contributed by atoms with Crippen molar-refractivity contribution in [2.45, 2.75) is 31.1 Å². The van der Waals surface area contributed by atoms with Crippen LogP contribution in [0.3, 0.4) is 0 Å². The molecule has 0 N–H and O–H groups in total. The molecule has 0 saturated heterocycles. The number of sulfone groups is 1. The van der Waals surface area contributed by atoms with Crippen LogP contribution in [-0.2, 0) is 24.1 Å². The highest BCUT2D eigenvalue weighted by molar-refractivity contribution is 7.90. The van der Waals surface area contributed by atoms with E-state index in [2.05, 4.69) is 0 Å². The van der Waals surface area contributed by atoms with Gasteiger partial charge < -0.3 is 14.4 Å². The second kappa shape index (κ2) is 6.95. The quantitative estimate of drug-likeness (QED) is 0.745. The van der Waals surface area contributed by atoms with Crippen molar-refractivity contribution in [3.8, 4) is 0 Å². The van der Waals surface area contributed by atoms with Gasteiger partial charge in [0.1, 0.15) is 12.0 Å². The van der Waals surface area contributed by atoms with Crippen LogP contribution in [0, 0.1) is 6.92 Å². The Labute approximate surface area is 151 Å². The van der Waals surface area contributed by atoms with Crippen LogP contribution >= 0.6 is 0 Å². The van der Waals surface area contributed by atoms with Crippen LogP contribution in [0.15, 0.2) is 41.3 Å². The molecule has 1 aliphatic carbocycles. The van der Waals surface area contributed by atoms with Gasteiger partial charge in [0.15, 0.2) is 22.4 Å². The number of nitrogens with zero attached hydrogens (tertiary/aromatic N) is 1. The van der Waals surface area contributed by atoms with E-state index >= 15 is 0 Å². The maximum Gasteiger partial charge on any atom is 0.343 e. The second-order valence-corrected chi connectivity index (χ2v) is 8.21. The fraction of sp³-hybridized carbons (Fsp3) is 0.333. The molecule has 1 aromatic carbocycles. The van der Waals surface area contributed by atoms with Crippen LogP contribution < -0.4 is 4.90 Å². The Morgan fingerprint density at radius 2 is 2.04 bits per heavy atom. The van der Waals surface area contributed by atoms with Crippen LogP contribution in [0.25, 0.3) is 0 Å². The summed E-state index contributed by atoms with van der Waals surface area (Å²) in [5, 5.41) is 0. The number of anilines is 1. The summed E-state index contributed by atoms with van der Waals surface area (Å²) >= 11 is 0. The maximum absolute atomic E-state index is 12.6. The maximum atomic E-state index is 12.6. The van der Waals surface area contributed by atoms with Gasteiger partial charge in [0.05, 0.1) is 16.1 Å². The average molecular weight is 377 g/mol. The summed E-state index contributed by atoms with van der Waals surface area (Å²) in [5.41, 5.74) is 1.09. The van der Waals surface area contributed by atoms with Gasteiger partial charge in [-0.25, -0.2) is 13.2 Å². The molecule has 3 rings (SSSR count). The van der Waals surface area contributed by atoms with Crippen LogP contribution in [0.1, 0.15) is 35.2 Å². The van der Waals surface area contributed by atoms with Gasteiger partial charge in [-0.3, -0.25) is 4.79 Å². The number of rotatable bonds is 4. The first kappa shape index (κ1) is 18.2. The number of hydrogen-bond acceptors (Lipinski definition) is 7. The smallest absolute Gasteiger partial charge is 0.343 e. The van der Waals surface area contributed by atoms with E-state index < -0.39 is 15.8 Å². The molecule has 1 heterocycles. The number of ether oxygens (including phenoxy) is 2. The first-order valence-electron chi connectivity index (χ1n) is 8.11. The highest BCUT2D eigenvalue weighted by atomic mass is 32.2. The summed E-state index contributed by atoms with van der Waals surface area (Å²) < 4.78 is 34.8. The van der Waals surface area contributed by atoms with E-state index in [1.165, 1.54) is 24.5 Å². The van der Waals surface area contributed by atoms with Crippen molar-refractivity contribution >= 4 is 27.3 Å². The number of hydrogen-bond donors (Lipinski definition) is 0. The van der Waals surface area contributed by atoms with Gasteiger partial charge in [0, 0.05) is 31.4 Å². The predicted molar refractivity (Wildman–Crippen MR) is 94.2 cm³/mol. The molecule has 8 heteroatoms. The Balaban J connectivity index is 2.00. The zero-order chi connectivity index (χ0) is 18.9. The molecule has 7 nitrogen and oxygen atoms in total. The van der Waals surface area contributed by atoms with Crippen molar-refractivity contribution in [3.63, 3.8) is 0 Å². The normalized spacial score (nSPS) is 17.1. The van der Waals surface area contributed by atoms with Crippen LogP contribution in [0.5, 0.6) is 0 Å². The number of carbonyl (C=O) groups is 2. The molecular weight excluding hydrogens is 358 g/mol. The van der Waals surface area contributed by atoms with Crippen molar-refractivity contribution in [3.05, 3.63) is 47.6 Å². The SMILES string of the molecule is Cc1c(C(=O)OC2=CC(=O)CCC2)ccc(S(C)(=O)=O)c1N1C=COC1. The molecule has 0 aromatic heterocycles. The summed E-state index contributed by atoms with van der Waals surface area (Å²) in [5.74, 6) is -0.346. The predicted octanol–water partition coefficient (Wildman–Crippen LogP) is 2.46. The van der Waals surface area contributed by atoms with Crippen molar-refractivity contribution in [1.29, 1.82) is 0 Å². The largest absolute Gasteiger partial charge is 0.479 e. The monoisotopic (exact) mass is 377 g/mol. The molecule has 0 amide bonds. The van der Waals surface area contributed by atoms with Crippen LogP contribution in [-0.4, -0.2) is 33.2 Å². The molecule has 0 spiro atoms. The fourth-order valence-corrected chi connectivity index (χ4v) is 3.93. The molecule has 0 atom stereocenters. The summed E-state index contributed by atoms with van der Waals surface area (Å²) in [4.78, 5) is 25.8. The number of benzene rings is 1. The summed E-state index contributed by atoms with van der Waals surface area (Å²) in [6, 6.07) is 2.82. The minimum atomic E-state index is -3.51. The average Bonchev–Trinajstić information content (AvgIpc) is 3.07. The van der Waals surface area contributed by atoms with Crippen molar-refractivity contribution in [1.82, 2.24) is 0 Å². The fourth-order valence-electron chi connectivity index (χ4n) is 2.99. The van der Waals surface area contributed by atoms with Gasteiger partial charge >= 0.3 is 5.97 Å². The van der Waals surface area contributed by atoms with Crippen molar-refractivity contribution in [2.24, 2.45) is 0 Å². The molecule has 0 unspecified atom stereocenters. The molecule has 0 bridgehead atoms. The highest BCUT2D eigenvalue weighted by Gasteiger charge is 2.26. The van der Waals surface area contributed by atoms with Gasteiger partial charge in [0.25, 0.3) is 0 Å². The third kappa shape index (κ3) is 3.65. The molecular formula is C18H19NO6S. The highest BCUT2D eigenvalue weighted by Crippen LogP contribution is 2.34. The molecule has 26 heavy (non-hydrogen) atoms. The van der Waals surface area contributed by atoms with Crippen molar-refractivity contribution < 1.29 is 27.5 Å². The molecule has 0 saturated carbocycles. The van der Waals surface area contributed by atoms with Gasteiger partial charge in [-0.15, -0.1) is 0 Å².